The largest absolute Gasteiger partial charge is 0.340 e. The van der Waals surface area contributed by atoms with Crippen molar-refractivity contribution >= 4 is 5.91 Å². The van der Waals surface area contributed by atoms with Crippen molar-refractivity contribution in [2.75, 3.05) is 39.3 Å². The second-order valence-electron chi connectivity index (χ2n) is 7.71. The van der Waals surface area contributed by atoms with Gasteiger partial charge in [0.05, 0.1) is 6.04 Å². The van der Waals surface area contributed by atoms with E-state index in [2.05, 4.69) is 10.2 Å². The number of halogens is 2. The minimum absolute atomic E-state index is 0.259. The molecule has 1 atom stereocenters. The Morgan fingerprint density at radius 3 is 2.41 bits per heavy atom. The van der Waals surface area contributed by atoms with Crippen molar-refractivity contribution in [2.24, 2.45) is 5.92 Å². The van der Waals surface area contributed by atoms with Crippen LogP contribution in [0.3, 0.4) is 0 Å². The summed E-state index contributed by atoms with van der Waals surface area (Å²) in [5.41, 5.74) is 1.09. The number of carbonyl (C=O) groups is 1. The zero-order valence-corrected chi connectivity index (χ0v) is 16.0. The van der Waals surface area contributed by atoms with E-state index in [-0.39, 0.29) is 5.92 Å². The van der Waals surface area contributed by atoms with Gasteiger partial charge >= 0.3 is 0 Å². The van der Waals surface area contributed by atoms with Crippen LogP contribution in [-0.4, -0.2) is 67.4 Å². The fourth-order valence-corrected chi connectivity index (χ4v) is 3.80. The summed E-state index contributed by atoms with van der Waals surface area (Å²) in [6.07, 6.45) is 2.00. The molecule has 1 amide bonds. The third-order valence-electron chi connectivity index (χ3n) is 5.86. The third kappa shape index (κ3) is 5.98. The van der Waals surface area contributed by atoms with Gasteiger partial charge in [-0.25, -0.2) is 8.78 Å². The van der Waals surface area contributed by atoms with Crippen LogP contribution in [0, 0.1) is 5.92 Å². The van der Waals surface area contributed by atoms with E-state index in [1.165, 1.54) is 6.42 Å². The van der Waals surface area contributed by atoms with Crippen molar-refractivity contribution in [1.82, 2.24) is 15.1 Å². The van der Waals surface area contributed by atoms with Gasteiger partial charge in [0.25, 0.3) is 6.43 Å². The molecule has 27 heavy (non-hydrogen) atoms. The SMILES string of the molecule is O=C(C1CCC1)N1CCN(CCN[C@@H](CCc2ccccc2)C(F)F)CC1. The number of alkyl halides is 2. The Labute approximate surface area is 160 Å². The van der Waals surface area contributed by atoms with E-state index in [4.69, 9.17) is 0 Å². The quantitative estimate of drug-likeness (QED) is 0.717. The van der Waals surface area contributed by atoms with Crippen LogP contribution in [0.1, 0.15) is 31.2 Å². The van der Waals surface area contributed by atoms with Gasteiger partial charge in [-0.2, -0.15) is 0 Å². The van der Waals surface area contributed by atoms with E-state index in [0.717, 1.165) is 51.1 Å². The minimum Gasteiger partial charge on any atom is -0.340 e. The van der Waals surface area contributed by atoms with Gasteiger partial charge in [0, 0.05) is 45.2 Å². The number of benzene rings is 1. The Morgan fingerprint density at radius 1 is 1.11 bits per heavy atom. The molecule has 2 fully saturated rings. The molecule has 0 aromatic heterocycles. The Hall–Kier alpha value is -1.53. The van der Waals surface area contributed by atoms with Crippen LogP contribution in [0.5, 0.6) is 0 Å². The van der Waals surface area contributed by atoms with Crippen molar-refractivity contribution < 1.29 is 13.6 Å². The second kappa shape index (κ2) is 10.1. The number of carbonyl (C=O) groups excluding carboxylic acids is 1. The highest BCUT2D eigenvalue weighted by Gasteiger charge is 2.31. The molecule has 0 radical (unpaired) electrons. The number of hydrogen-bond acceptors (Lipinski definition) is 3. The van der Waals surface area contributed by atoms with Crippen LogP contribution in [0.15, 0.2) is 30.3 Å². The monoisotopic (exact) mass is 379 g/mol. The first-order chi connectivity index (χ1) is 13.1. The molecule has 0 bridgehead atoms. The van der Waals surface area contributed by atoms with Gasteiger partial charge in [0.2, 0.25) is 5.91 Å². The molecular formula is C21H31F2N3O. The lowest BCUT2D eigenvalue weighted by atomic mass is 9.84. The normalized spacial score (nSPS) is 19.9. The predicted molar refractivity (Wildman–Crippen MR) is 103 cm³/mol. The van der Waals surface area contributed by atoms with Gasteiger partial charge in [0.1, 0.15) is 0 Å². The van der Waals surface area contributed by atoms with Crippen molar-refractivity contribution in [3.63, 3.8) is 0 Å². The topological polar surface area (TPSA) is 35.6 Å². The average molecular weight is 379 g/mol. The first-order valence-corrected chi connectivity index (χ1v) is 10.2. The van der Waals surface area contributed by atoms with E-state index < -0.39 is 12.5 Å². The molecule has 1 aliphatic carbocycles. The van der Waals surface area contributed by atoms with E-state index in [0.29, 0.717) is 25.3 Å². The molecule has 1 heterocycles. The fraction of sp³-hybridized carbons (Fsp3) is 0.667. The fourth-order valence-electron chi connectivity index (χ4n) is 3.80. The van der Waals surface area contributed by atoms with Gasteiger partial charge in [0.15, 0.2) is 0 Å². The molecule has 3 rings (SSSR count). The number of nitrogens with one attached hydrogen (secondary N) is 1. The molecule has 4 nitrogen and oxygen atoms in total. The van der Waals surface area contributed by atoms with E-state index in [1.807, 2.05) is 35.2 Å². The Kier molecular flexibility index (Phi) is 7.59. The van der Waals surface area contributed by atoms with Gasteiger partial charge in [-0.3, -0.25) is 9.69 Å². The smallest absolute Gasteiger partial charge is 0.253 e. The molecule has 1 saturated heterocycles. The molecule has 1 aromatic carbocycles. The number of rotatable bonds is 9. The maximum Gasteiger partial charge on any atom is 0.253 e. The Morgan fingerprint density at radius 2 is 1.81 bits per heavy atom. The third-order valence-corrected chi connectivity index (χ3v) is 5.86. The van der Waals surface area contributed by atoms with Crippen LogP contribution in [0.2, 0.25) is 0 Å². The maximum absolute atomic E-state index is 13.3. The van der Waals surface area contributed by atoms with Gasteiger partial charge in [-0.05, 0) is 31.2 Å². The zero-order chi connectivity index (χ0) is 19.1. The lowest BCUT2D eigenvalue weighted by Gasteiger charge is -2.38. The van der Waals surface area contributed by atoms with Crippen LogP contribution < -0.4 is 5.32 Å². The lowest BCUT2D eigenvalue weighted by molar-refractivity contribution is -0.139. The molecule has 0 unspecified atom stereocenters. The summed E-state index contributed by atoms with van der Waals surface area (Å²) in [6.45, 7) is 4.51. The minimum atomic E-state index is -2.36. The van der Waals surface area contributed by atoms with Crippen LogP contribution in [0.4, 0.5) is 8.78 Å². The van der Waals surface area contributed by atoms with E-state index >= 15 is 0 Å². The van der Waals surface area contributed by atoms with Gasteiger partial charge in [-0.1, -0.05) is 36.8 Å². The van der Waals surface area contributed by atoms with Crippen molar-refractivity contribution in [2.45, 2.75) is 44.6 Å². The van der Waals surface area contributed by atoms with Crippen LogP contribution in [-0.2, 0) is 11.2 Å². The first-order valence-electron chi connectivity index (χ1n) is 10.2. The molecule has 1 saturated carbocycles. The highest BCUT2D eigenvalue weighted by Crippen LogP contribution is 2.28. The molecule has 6 heteroatoms. The Bertz CT molecular complexity index is 572. The lowest BCUT2D eigenvalue weighted by Crippen LogP contribution is -2.52. The highest BCUT2D eigenvalue weighted by molar-refractivity contribution is 5.79. The zero-order valence-electron chi connectivity index (χ0n) is 16.0. The molecular weight excluding hydrogens is 348 g/mol. The van der Waals surface area contributed by atoms with Crippen molar-refractivity contribution in [1.29, 1.82) is 0 Å². The molecule has 150 valence electrons. The highest BCUT2D eigenvalue weighted by atomic mass is 19.3. The summed E-state index contributed by atoms with van der Waals surface area (Å²) in [5, 5.41) is 3.03. The number of aryl methyl sites for hydroxylation is 1. The summed E-state index contributed by atoms with van der Waals surface area (Å²) >= 11 is 0. The number of nitrogens with zero attached hydrogens (tertiary/aromatic N) is 2. The first kappa shape index (κ1) is 20.2. The van der Waals surface area contributed by atoms with E-state index in [1.54, 1.807) is 0 Å². The summed E-state index contributed by atoms with van der Waals surface area (Å²) < 4.78 is 26.6. The van der Waals surface area contributed by atoms with Gasteiger partial charge < -0.3 is 10.2 Å². The summed E-state index contributed by atoms with van der Waals surface area (Å²) in [7, 11) is 0. The molecule has 0 spiro atoms. The van der Waals surface area contributed by atoms with Crippen molar-refractivity contribution in [3.05, 3.63) is 35.9 Å². The summed E-state index contributed by atoms with van der Waals surface area (Å²) in [6, 6.07) is 9.00. The number of piperazine rings is 1. The van der Waals surface area contributed by atoms with Crippen molar-refractivity contribution in [3.8, 4) is 0 Å². The standard InChI is InChI=1S/C21H31F2N3O/c22-20(23)19(10-9-17-5-2-1-3-6-17)24-11-12-25-13-15-26(16-14-25)21(27)18-7-4-8-18/h1-3,5-6,18-20,24H,4,7-16H2/t19-/m0/s1. The Balaban J connectivity index is 1.33. The molecule has 1 N–H and O–H groups in total. The molecule has 1 aromatic rings. The number of amides is 1. The average Bonchev–Trinajstić information content (AvgIpc) is 2.64. The molecule has 2 aliphatic rings. The predicted octanol–water partition coefficient (Wildman–Crippen LogP) is 2.79. The van der Waals surface area contributed by atoms with Gasteiger partial charge in [-0.15, -0.1) is 0 Å². The second-order valence-corrected chi connectivity index (χ2v) is 7.71. The van der Waals surface area contributed by atoms with Crippen LogP contribution in [0.25, 0.3) is 0 Å². The summed E-state index contributed by atoms with van der Waals surface area (Å²) in [4.78, 5) is 16.5. The number of hydrogen-bond donors (Lipinski definition) is 1. The van der Waals surface area contributed by atoms with Crippen LogP contribution >= 0.6 is 0 Å². The van der Waals surface area contributed by atoms with E-state index in [9.17, 15) is 13.6 Å². The molecule has 1 aliphatic heterocycles. The summed E-state index contributed by atoms with van der Waals surface area (Å²) in [5.74, 6) is 0.576. The maximum atomic E-state index is 13.3.